The molecule has 0 unspecified atom stereocenters. The van der Waals surface area contributed by atoms with Crippen LogP contribution in [0.5, 0.6) is 0 Å². The normalized spacial score (nSPS) is 10.9. The SMILES string of the molecule is CNC(=NC(C)=O)Nc1ccccc1. The molecule has 14 heavy (non-hydrogen) atoms. The van der Waals surface area contributed by atoms with Crippen molar-refractivity contribution in [3.8, 4) is 0 Å². The average molecular weight is 191 g/mol. The lowest BCUT2D eigenvalue weighted by atomic mass is 10.3. The minimum Gasteiger partial charge on any atom is -0.359 e. The summed E-state index contributed by atoms with van der Waals surface area (Å²) in [6.45, 7) is 1.41. The van der Waals surface area contributed by atoms with E-state index in [1.807, 2.05) is 30.3 Å². The van der Waals surface area contributed by atoms with E-state index in [1.54, 1.807) is 7.05 Å². The second-order valence-electron chi connectivity index (χ2n) is 2.72. The number of guanidine groups is 1. The first-order valence-electron chi connectivity index (χ1n) is 4.31. The molecule has 4 nitrogen and oxygen atoms in total. The van der Waals surface area contributed by atoms with Crippen LogP contribution in [0.4, 0.5) is 5.69 Å². The number of benzene rings is 1. The molecule has 2 N–H and O–H groups in total. The molecule has 0 aliphatic heterocycles. The summed E-state index contributed by atoms with van der Waals surface area (Å²) < 4.78 is 0. The Balaban J connectivity index is 2.71. The van der Waals surface area contributed by atoms with E-state index < -0.39 is 0 Å². The molecule has 1 aromatic carbocycles. The highest BCUT2D eigenvalue weighted by Crippen LogP contribution is 2.04. The molecule has 0 aromatic heterocycles. The number of rotatable bonds is 1. The predicted octanol–water partition coefficient (Wildman–Crippen LogP) is 1.22. The van der Waals surface area contributed by atoms with Gasteiger partial charge in [0.15, 0.2) is 0 Å². The van der Waals surface area contributed by atoms with Gasteiger partial charge in [-0.3, -0.25) is 4.79 Å². The largest absolute Gasteiger partial charge is 0.359 e. The highest BCUT2D eigenvalue weighted by Gasteiger charge is 1.97. The van der Waals surface area contributed by atoms with E-state index in [4.69, 9.17) is 0 Å². The number of carbonyl (C=O) groups excluding carboxylic acids is 1. The molecule has 74 valence electrons. The van der Waals surface area contributed by atoms with Gasteiger partial charge in [-0.2, -0.15) is 4.99 Å². The molecule has 0 aliphatic rings. The van der Waals surface area contributed by atoms with Crippen molar-refractivity contribution >= 4 is 17.6 Å². The van der Waals surface area contributed by atoms with Gasteiger partial charge in [-0.15, -0.1) is 0 Å². The number of carbonyl (C=O) groups is 1. The summed E-state index contributed by atoms with van der Waals surface area (Å²) in [5.74, 6) is 0.210. The number of anilines is 1. The van der Waals surface area contributed by atoms with Gasteiger partial charge in [0, 0.05) is 19.7 Å². The third-order valence-electron chi connectivity index (χ3n) is 1.54. The van der Waals surface area contributed by atoms with Crippen LogP contribution < -0.4 is 10.6 Å². The number of hydrogen-bond donors (Lipinski definition) is 2. The maximum atomic E-state index is 10.7. The Hall–Kier alpha value is -1.84. The lowest BCUT2D eigenvalue weighted by Crippen LogP contribution is -2.27. The van der Waals surface area contributed by atoms with Gasteiger partial charge in [0.2, 0.25) is 11.9 Å². The van der Waals surface area contributed by atoms with Gasteiger partial charge in [-0.1, -0.05) is 18.2 Å². The van der Waals surface area contributed by atoms with Crippen LogP contribution in [0.1, 0.15) is 6.92 Å². The van der Waals surface area contributed by atoms with Crippen molar-refractivity contribution < 1.29 is 4.79 Å². The van der Waals surface area contributed by atoms with Crippen molar-refractivity contribution in [2.75, 3.05) is 12.4 Å². The summed E-state index contributed by atoms with van der Waals surface area (Å²) in [4.78, 5) is 14.5. The Morgan fingerprint density at radius 2 is 1.93 bits per heavy atom. The average Bonchev–Trinajstić information content (AvgIpc) is 2.17. The third kappa shape index (κ3) is 3.26. The minimum atomic E-state index is -0.238. The molecule has 0 saturated heterocycles. The molecule has 0 heterocycles. The van der Waals surface area contributed by atoms with Crippen LogP contribution in [0.3, 0.4) is 0 Å². The summed E-state index contributed by atoms with van der Waals surface area (Å²) in [6.07, 6.45) is 0. The molecule has 1 rings (SSSR count). The number of para-hydroxylation sites is 1. The van der Waals surface area contributed by atoms with Gasteiger partial charge >= 0.3 is 0 Å². The molecular formula is C10H13N3O. The Labute approximate surface area is 83.0 Å². The fraction of sp³-hybridized carbons (Fsp3) is 0.200. The van der Waals surface area contributed by atoms with Gasteiger partial charge in [0.1, 0.15) is 0 Å². The lowest BCUT2D eigenvalue weighted by molar-refractivity contribution is -0.115. The summed E-state index contributed by atoms with van der Waals surface area (Å²) in [5.41, 5.74) is 0.891. The highest BCUT2D eigenvalue weighted by molar-refractivity contribution is 6.00. The van der Waals surface area contributed by atoms with E-state index in [0.717, 1.165) is 5.69 Å². The fourth-order valence-electron chi connectivity index (χ4n) is 0.962. The summed E-state index contributed by atoms with van der Waals surface area (Å²) in [5, 5.41) is 5.78. The summed E-state index contributed by atoms with van der Waals surface area (Å²) in [6, 6.07) is 9.53. The molecular weight excluding hydrogens is 178 g/mol. The Bertz CT molecular complexity index is 332. The first kappa shape index (κ1) is 10.2. The van der Waals surface area contributed by atoms with Gasteiger partial charge in [-0.05, 0) is 12.1 Å². The zero-order valence-electron chi connectivity index (χ0n) is 8.24. The molecule has 1 amide bonds. The summed E-state index contributed by atoms with van der Waals surface area (Å²) >= 11 is 0. The van der Waals surface area contributed by atoms with Crippen LogP contribution in [0.25, 0.3) is 0 Å². The van der Waals surface area contributed by atoms with Crippen molar-refractivity contribution in [2.24, 2.45) is 4.99 Å². The number of nitrogens with one attached hydrogen (secondary N) is 2. The highest BCUT2D eigenvalue weighted by atomic mass is 16.1. The number of nitrogens with zero attached hydrogens (tertiary/aromatic N) is 1. The monoisotopic (exact) mass is 191 g/mol. The molecule has 0 saturated carbocycles. The van der Waals surface area contributed by atoms with Crippen molar-refractivity contribution in [3.05, 3.63) is 30.3 Å². The van der Waals surface area contributed by atoms with Crippen molar-refractivity contribution in [1.29, 1.82) is 0 Å². The van der Waals surface area contributed by atoms with Gasteiger partial charge in [0.25, 0.3) is 0 Å². The zero-order chi connectivity index (χ0) is 10.4. The van der Waals surface area contributed by atoms with E-state index >= 15 is 0 Å². The molecule has 0 fully saturated rings. The van der Waals surface area contributed by atoms with E-state index in [0.29, 0.717) is 5.96 Å². The maximum Gasteiger partial charge on any atom is 0.245 e. The Kier molecular flexibility index (Phi) is 3.67. The quantitative estimate of drug-likeness (QED) is 0.518. The molecule has 0 radical (unpaired) electrons. The smallest absolute Gasteiger partial charge is 0.245 e. The maximum absolute atomic E-state index is 10.7. The van der Waals surface area contributed by atoms with Crippen LogP contribution in [0, 0.1) is 0 Å². The van der Waals surface area contributed by atoms with Gasteiger partial charge in [0.05, 0.1) is 0 Å². The second-order valence-corrected chi connectivity index (χ2v) is 2.72. The summed E-state index contributed by atoms with van der Waals surface area (Å²) in [7, 11) is 1.71. The standard InChI is InChI=1S/C10H13N3O/c1-8(14)12-10(11-2)13-9-6-4-3-5-7-9/h3-7H,1-2H3,(H2,11,12,13,14). The predicted molar refractivity (Wildman–Crippen MR) is 57.2 cm³/mol. The van der Waals surface area contributed by atoms with Gasteiger partial charge < -0.3 is 10.6 Å². The number of hydrogen-bond acceptors (Lipinski definition) is 1. The van der Waals surface area contributed by atoms with Crippen LogP contribution in [-0.2, 0) is 4.79 Å². The first-order chi connectivity index (χ1) is 6.72. The number of amides is 1. The molecule has 4 heteroatoms. The van der Waals surface area contributed by atoms with Gasteiger partial charge in [-0.25, -0.2) is 0 Å². The Morgan fingerprint density at radius 3 is 2.43 bits per heavy atom. The zero-order valence-corrected chi connectivity index (χ0v) is 8.24. The second kappa shape index (κ2) is 5.01. The third-order valence-corrected chi connectivity index (χ3v) is 1.54. The molecule has 0 atom stereocenters. The molecule has 0 spiro atoms. The van der Waals surface area contributed by atoms with Crippen LogP contribution in [0.15, 0.2) is 35.3 Å². The topological polar surface area (TPSA) is 53.5 Å². The minimum absolute atomic E-state index is 0.238. The Morgan fingerprint density at radius 1 is 1.29 bits per heavy atom. The van der Waals surface area contributed by atoms with Crippen LogP contribution in [-0.4, -0.2) is 18.9 Å². The van der Waals surface area contributed by atoms with E-state index in [-0.39, 0.29) is 5.91 Å². The van der Waals surface area contributed by atoms with Crippen molar-refractivity contribution in [1.82, 2.24) is 5.32 Å². The molecule has 0 aliphatic carbocycles. The number of aliphatic imine (C=N–C) groups is 1. The van der Waals surface area contributed by atoms with E-state index in [1.165, 1.54) is 6.92 Å². The first-order valence-corrected chi connectivity index (χ1v) is 4.31. The fourth-order valence-corrected chi connectivity index (χ4v) is 0.962. The van der Waals surface area contributed by atoms with Crippen LogP contribution >= 0.6 is 0 Å². The van der Waals surface area contributed by atoms with E-state index in [9.17, 15) is 4.79 Å². The molecule has 0 bridgehead atoms. The lowest BCUT2D eigenvalue weighted by Gasteiger charge is -2.07. The molecule has 1 aromatic rings. The van der Waals surface area contributed by atoms with Crippen molar-refractivity contribution in [3.63, 3.8) is 0 Å². The van der Waals surface area contributed by atoms with Crippen LogP contribution in [0.2, 0.25) is 0 Å². The van der Waals surface area contributed by atoms with Crippen molar-refractivity contribution in [2.45, 2.75) is 6.92 Å². The van der Waals surface area contributed by atoms with E-state index in [2.05, 4.69) is 15.6 Å².